The smallest absolute Gasteiger partial charge is 0.379 e. The van der Waals surface area contributed by atoms with Gasteiger partial charge in [0.1, 0.15) is 0 Å². The summed E-state index contributed by atoms with van der Waals surface area (Å²) in [6.45, 7) is 0. The minimum atomic E-state index is -4.66. The van der Waals surface area contributed by atoms with E-state index in [1.54, 1.807) is 36.4 Å². The van der Waals surface area contributed by atoms with Crippen molar-refractivity contribution in [1.82, 2.24) is 0 Å². The SMILES string of the molecule is OC(C1=c2ccccc2=CC2CC=CC=C12)C(F)(F)F. The van der Waals surface area contributed by atoms with Gasteiger partial charge in [-0.3, -0.25) is 0 Å². The largest absolute Gasteiger partial charge is 0.418 e. The number of aliphatic hydroxyl groups excluding tert-OH is 1. The molecule has 2 atom stereocenters. The van der Waals surface area contributed by atoms with Crippen LogP contribution in [0.4, 0.5) is 13.2 Å². The van der Waals surface area contributed by atoms with E-state index in [9.17, 15) is 18.3 Å². The second-order valence-corrected chi connectivity index (χ2v) is 5.00. The van der Waals surface area contributed by atoms with Crippen LogP contribution in [-0.2, 0) is 0 Å². The Morgan fingerprint density at radius 1 is 1.20 bits per heavy atom. The number of rotatable bonds is 1. The molecular weight excluding hydrogens is 265 g/mol. The summed E-state index contributed by atoms with van der Waals surface area (Å²) in [5.74, 6) is -0.0955. The van der Waals surface area contributed by atoms with Crippen molar-refractivity contribution >= 4 is 11.6 Å². The molecule has 2 aliphatic rings. The van der Waals surface area contributed by atoms with E-state index in [4.69, 9.17) is 0 Å². The lowest BCUT2D eigenvalue weighted by molar-refractivity contribution is -0.184. The van der Waals surface area contributed by atoms with Crippen molar-refractivity contribution in [2.24, 2.45) is 5.92 Å². The maximum Gasteiger partial charge on any atom is 0.418 e. The van der Waals surface area contributed by atoms with E-state index in [1.807, 2.05) is 12.2 Å². The zero-order valence-corrected chi connectivity index (χ0v) is 10.6. The Balaban J connectivity index is 2.32. The molecule has 0 radical (unpaired) electrons. The number of fused-ring (bicyclic) bond motifs is 2. The molecular formula is C16H13F3O. The highest BCUT2D eigenvalue weighted by Gasteiger charge is 2.43. The third-order valence-corrected chi connectivity index (χ3v) is 3.73. The summed E-state index contributed by atoms with van der Waals surface area (Å²) in [5, 5.41) is 11.0. The summed E-state index contributed by atoms with van der Waals surface area (Å²) >= 11 is 0. The fourth-order valence-electron chi connectivity index (χ4n) is 2.82. The summed E-state index contributed by atoms with van der Waals surface area (Å²) < 4.78 is 38.9. The molecule has 0 fully saturated rings. The summed E-state index contributed by atoms with van der Waals surface area (Å²) in [7, 11) is 0. The Bertz CT molecular complexity index is 710. The molecule has 0 aliphatic heterocycles. The molecule has 1 aromatic rings. The summed E-state index contributed by atoms with van der Waals surface area (Å²) in [6.07, 6.45) is 0.868. The van der Waals surface area contributed by atoms with E-state index in [-0.39, 0.29) is 11.5 Å². The van der Waals surface area contributed by atoms with Crippen LogP contribution >= 0.6 is 0 Å². The van der Waals surface area contributed by atoms with Gasteiger partial charge in [0.25, 0.3) is 0 Å². The Morgan fingerprint density at radius 3 is 2.70 bits per heavy atom. The van der Waals surface area contributed by atoms with Crippen molar-refractivity contribution in [2.45, 2.75) is 18.7 Å². The molecule has 0 amide bonds. The van der Waals surface area contributed by atoms with Crippen LogP contribution in [-0.4, -0.2) is 17.4 Å². The van der Waals surface area contributed by atoms with Crippen molar-refractivity contribution < 1.29 is 18.3 Å². The number of halogens is 3. The van der Waals surface area contributed by atoms with Gasteiger partial charge >= 0.3 is 6.18 Å². The van der Waals surface area contributed by atoms with Crippen molar-refractivity contribution in [3.63, 3.8) is 0 Å². The normalized spacial score (nSPS) is 22.5. The highest BCUT2D eigenvalue weighted by atomic mass is 19.4. The molecule has 3 rings (SSSR count). The summed E-state index contributed by atoms with van der Waals surface area (Å²) in [6, 6.07) is 6.90. The van der Waals surface area contributed by atoms with Crippen molar-refractivity contribution in [1.29, 1.82) is 0 Å². The molecule has 0 heterocycles. The lowest BCUT2D eigenvalue weighted by Crippen LogP contribution is -2.42. The number of benzene rings is 1. The van der Waals surface area contributed by atoms with Crippen LogP contribution < -0.4 is 10.4 Å². The van der Waals surface area contributed by atoms with Crippen LogP contribution in [0, 0.1) is 5.92 Å². The number of hydrogen-bond donors (Lipinski definition) is 1. The van der Waals surface area contributed by atoms with Crippen LogP contribution in [0.3, 0.4) is 0 Å². The monoisotopic (exact) mass is 278 g/mol. The quantitative estimate of drug-likeness (QED) is 0.833. The first-order chi connectivity index (χ1) is 9.48. The van der Waals surface area contributed by atoms with Crippen LogP contribution in [0.2, 0.25) is 0 Å². The van der Waals surface area contributed by atoms with Gasteiger partial charge in [-0.2, -0.15) is 13.2 Å². The minimum Gasteiger partial charge on any atom is -0.379 e. The van der Waals surface area contributed by atoms with Gasteiger partial charge in [-0.15, -0.1) is 0 Å². The standard InChI is InChI=1S/C16H13F3O/c17-16(18,19)15(20)14-12-7-3-1-5-10(12)9-11-6-2-4-8-13(11)14/h1-5,7-9,11,15,20H,6H2. The Labute approximate surface area is 114 Å². The van der Waals surface area contributed by atoms with Crippen LogP contribution in [0.1, 0.15) is 6.42 Å². The van der Waals surface area contributed by atoms with E-state index < -0.39 is 12.3 Å². The number of hydrogen-bond acceptors (Lipinski definition) is 1. The van der Waals surface area contributed by atoms with Crippen molar-refractivity contribution in [3.8, 4) is 0 Å². The fraction of sp³-hybridized carbons (Fsp3) is 0.250. The van der Waals surface area contributed by atoms with Gasteiger partial charge in [0, 0.05) is 11.5 Å². The van der Waals surface area contributed by atoms with Gasteiger partial charge in [0.05, 0.1) is 0 Å². The lowest BCUT2D eigenvalue weighted by atomic mass is 9.79. The van der Waals surface area contributed by atoms with Gasteiger partial charge in [-0.25, -0.2) is 0 Å². The molecule has 0 saturated carbocycles. The third-order valence-electron chi connectivity index (χ3n) is 3.73. The predicted octanol–water partition coefficient (Wildman–Crippen LogP) is 2.06. The Morgan fingerprint density at radius 2 is 1.95 bits per heavy atom. The average molecular weight is 278 g/mol. The highest BCUT2D eigenvalue weighted by Crippen LogP contribution is 2.36. The first-order valence-corrected chi connectivity index (χ1v) is 6.41. The van der Waals surface area contributed by atoms with E-state index >= 15 is 0 Å². The minimum absolute atomic E-state index is 0.00931. The van der Waals surface area contributed by atoms with E-state index in [2.05, 4.69) is 0 Å². The lowest BCUT2D eigenvalue weighted by Gasteiger charge is -2.28. The molecule has 0 spiro atoms. The molecule has 0 bridgehead atoms. The van der Waals surface area contributed by atoms with Gasteiger partial charge < -0.3 is 5.11 Å². The number of allylic oxidation sites excluding steroid dienone is 3. The summed E-state index contributed by atoms with van der Waals surface area (Å²) in [4.78, 5) is 0. The number of aliphatic hydroxyl groups is 1. The molecule has 104 valence electrons. The summed E-state index contributed by atoms with van der Waals surface area (Å²) in [5.41, 5.74) is 0.556. The molecule has 2 aliphatic carbocycles. The highest BCUT2D eigenvalue weighted by molar-refractivity contribution is 5.75. The molecule has 1 nitrogen and oxygen atoms in total. The van der Waals surface area contributed by atoms with Crippen molar-refractivity contribution in [2.75, 3.05) is 0 Å². The zero-order chi connectivity index (χ0) is 14.3. The Kier molecular flexibility index (Phi) is 3.05. The molecule has 0 aromatic heterocycles. The van der Waals surface area contributed by atoms with Crippen LogP contribution in [0.25, 0.3) is 11.6 Å². The molecule has 4 heteroatoms. The van der Waals surface area contributed by atoms with Crippen molar-refractivity contribution in [3.05, 3.63) is 58.5 Å². The number of alkyl halides is 3. The van der Waals surface area contributed by atoms with Crippen LogP contribution in [0.5, 0.6) is 0 Å². The maximum absolute atomic E-state index is 13.0. The topological polar surface area (TPSA) is 20.2 Å². The van der Waals surface area contributed by atoms with Gasteiger partial charge in [-0.1, -0.05) is 48.6 Å². The zero-order valence-electron chi connectivity index (χ0n) is 10.6. The third kappa shape index (κ3) is 2.10. The second kappa shape index (κ2) is 4.63. The van der Waals surface area contributed by atoms with Gasteiger partial charge in [0.15, 0.2) is 6.10 Å². The second-order valence-electron chi connectivity index (χ2n) is 5.00. The predicted molar refractivity (Wildman–Crippen MR) is 71.0 cm³/mol. The first kappa shape index (κ1) is 13.2. The van der Waals surface area contributed by atoms with E-state index in [0.29, 0.717) is 17.2 Å². The van der Waals surface area contributed by atoms with E-state index in [0.717, 1.165) is 5.22 Å². The Hall–Kier alpha value is -1.81. The molecule has 1 N–H and O–H groups in total. The average Bonchev–Trinajstić information content (AvgIpc) is 2.43. The van der Waals surface area contributed by atoms with Gasteiger partial charge in [-0.05, 0) is 22.4 Å². The molecule has 1 aromatic carbocycles. The van der Waals surface area contributed by atoms with E-state index in [1.165, 1.54) is 0 Å². The van der Waals surface area contributed by atoms with Gasteiger partial charge in [0.2, 0.25) is 0 Å². The molecule has 20 heavy (non-hydrogen) atoms. The molecule has 0 saturated heterocycles. The maximum atomic E-state index is 13.0. The molecule has 2 unspecified atom stereocenters. The fourth-order valence-corrected chi connectivity index (χ4v) is 2.82. The first-order valence-electron chi connectivity index (χ1n) is 6.41. The van der Waals surface area contributed by atoms with Crippen LogP contribution in [0.15, 0.2) is 48.1 Å².